The maximum Gasteiger partial charge on any atom is 0.350 e. The maximum absolute atomic E-state index is 13.3. The largest absolute Gasteiger partial charge is 0.507 e. The summed E-state index contributed by atoms with van der Waals surface area (Å²) in [6.45, 7) is 3.40. The van der Waals surface area contributed by atoms with Gasteiger partial charge in [-0.3, -0.25) is 14.5 Å². The molecular weight excluding hydrogens is 536 g/mol. The van der Waals surface area contributed by atoms with E-state index in [0.717, 1.165) is 15.8 Å². The minimum atomic E-state index is -0.958. The molecule has 4 rings (SSSR count). The van der Waals surface area contributed by atoms with Crippen molar-refractivity contribution in [2.24, 2.45) is 0 Å². The highest BCUT2D eigenvalue weighted by Crippen LogP contribution is 2.44. The van der Waals surface area contributed by atoms with Gasteiger partial charge in [-0.2, -0.15) is 0 Å². The zero-order valence-electron chi connectivity index (χ0n) is 19.3. The Balaban J connectivity index is 1.94. The molecule has 10 heteroatoms. The van der Waals surface area contributed by atoms with Crippen molar-refractivity contribution in [3.8, 4) is 5.75 Å². The van der Waals surface area contributed by atoms with Crippen molar-refractivity contribution < 1.29 is 29.0 Å². The number of ketones is 1. The predicted molar refractivity (Wildman–Crippen MR) is 135 cm³/mol. The van der Waals surface area contributed by atoms with Crippen LogP contribution in [0.3, 0.4) is 0 Å². The SMILES string of the molecule is COC(=O)c1sc(N2C(=O)C(=O)C(=C(O)c3ccc(OC)cc3C)[C@@H]2c2ccc(Br)cc2)nc1C. The van der Waals surface area contributed by atoms with E-state index < -0.39 is 23.7 Å². The molecule has 1 aliphatic rings. The number of hydrogen-bond acceptors (Lipinski definition) is 8. The van der Waals surface area contributed by atoms with Crippen LogP contribution in [0.2, 0.25) is 0 Å². The molecule has 0 unspecified atom stereocenters. The number of esters is 1. The summed E-state index contributed by atoms with van der Waals surface area (Å²) in [6.07, 6.45) is 0. The number of ether oxygens (including phenoxy) is 2. The zero-order chi connectivity index (χ0) is 25.4. The van der Waals surface area contributed by atoms with E-state index in [-0.39, 0.29) is 21.3 Å². The number of anilines is 1. The Morgan fingerprint density at radius 2 is 1.80 bits per heavy atom. The Labute approximate surface area is 213 Å². The molecule has 0 spiro atoms. The van der Waals surface area contributed by atoms with Crippen LogP contribution in [-0.2, 0) is 14.3 Å². The lowest BCUT2D eigenvalue weighted by atomic mass is 9.94. The van der Waals surface area contributed by atoms with Crippen molar-refractivity contribution in [1.29, 1.82) is 0 Å². The van der Waals surface area contributed by atoms with Crippen molar-refractivity contribution in [2.75, 3.05) is 19.1 Å². The summed E-state index contributed by atoms with van der Waals surface area (Å²) in [5.41, 5.74) is 1.96. The van der Waals surface area contributed by atoms with Crippen molar-refractivity contribution in [3.05, 3.63) is 79.8 Å². The monoisotopic (exact) mass is 556 g/mol. The number of rotatable bonds is 5. The van der Waals surface area contributed by atoms with Gasteiger partial charge in [-0.15, -0.1) is 0 Å². The molecule has 0 bridgehead atoms. The topological polar surface area (TPSA) is 106 Å². The quantitative estimate of drug-likeness (QED) is 0.205. The average molecular weight is 557 g/mol. The number of aromatic nitrogens is 1. The van der Waals surface area contributed by atoms with Crippen LogP contribution in [0.15, 0.2) is 52.5 Å². The fraction of sp³-hybridized carbons (Fsp3) is 0.200. The smallest absolute Gasteiger partial charge is 0.350 e. The molecule has 0 saturated carbocycles. The molecule has 1 atom stereocenters. The molecule has 1 N–H and O–H groups in total. The Bertz CT molecular complexity index is 1380. The number of methoxy groups -OCH3 is 2. The number of amides is 1. The summed E-state index contributed by atoms with van der Waals surface area (Å²) < 4.78 is 10.9. The number of nitrogens with zero attached hydrogens (tertiary/aromatic N) is 2. The molecule has 8 nitrogen and oxygen atoms in total. The third-order valence-corrected chi connectivity index (χ3v) is 7.35. The number of carbonyl (C=O) groups excluding carboxylic acids is 3. The molecule has 1 aromatic heterocycles. The van der Waals surface area contributed by atoms with E-state index in [1.165, 1.54) is 19.1 Å². The van der Waals surface area contributed by atoms with Crippen molar-refractivity contribution in [1.82, 2.24) is 4.98 Å². The number of benzene rings is 2. The lowest BCUT2D eigenvalue weighted by Gasteiger charge is -2.23. The predicted octanol–water partition coefficient (Wildman–Crippen LogP) is 4.94. The summed E-state index contributed by atoms with van der Waals surface area (Å²) >= 11 is 4.35. The second-order valence-corrected chi connectivity index (χ2v) is 9.70. The normalized spacial score (nSPS) is 17.1. The van der Waals surface area contributed by atoms with E-state index in [4.69, 9.17) is 9.47 Å². The molecule has 1 amide bonds. The minimum absolute atomic E-state index is 0.0712. The molecule has 1 saturated heterocycles. The van der Waals surface area contributed by atoms with E-state index >= 15 is 0 Å². The van der Waals surface area contributed by atoms with Gasteiger partial charge in [0.05, 0.1) is 31.5 Å². The van der Waals surface area contributed by atoms with Crippen LogP contribution in [0.5, 0.6) is 5.75 Å². The van der Waals surface area contributed by atoms with Gasteiger partial charge in [0.2, 0.25) is 0 Å². The average Bonchev–Trinajstić information content (AvgIpc) is 3.35. The first-order valence-corrected chi connectivity index (χ1v) is 12.1. The van der Waals surface area contributed by atoms with Gasteiger partial charge in [0.15, 0.2) is 5.13 Å². The van der Waals surface area contributed by atoms with Gasteiger partial charge in [0, 0.05) is 10.0 Å². The summed E-state index contributed by atoms with van der Waals surface area (Å²) in [4.78, 5) is 44.6. The summed E-state index contributed by atoms with van der Waals surface area (Å²) in [7, 11) is 2.79. The van der Waals surface area contributed by atoms with Crippen LogP contribution in [0.1, 0.15) is 38.1 Å². The second kappa shape index (κ2) is 9.63. The lowest BCUT2D eigenvalue weighted by molar-refractivity contribution is -0.132. The van der Waals surface area contributed by atoms with Crippen LogP contribution in [-0.4, -0.2) is 42.0 Å². The molecule has 1 fully saturated rings. The van der Waals surface area contributed by atoms with Crippen LogP contribution in [0, 0.1) is 13.8 Å². The van der Waals surface area contributed by atoms with Gasteiger partial charge in [-0.05, 0) is 55.3 Å². The van der Waals surface area contributed by atoms with Gasteiger partial charge in [-0.25, -0.2) is 9.78 Å². The fourth-order valence-electron chi connectivity index (χ4n) is 3.93. The molecule has 180 valence electrons. The third-order valence-electron chi connectivity index (χ3n) is 5.68. The molecule has 3 aromatic rings. The Kier molecular flexibility index (Phi) is 6.77. The molecule has 0 aliphatic carbocycles. The molecule has 2 aromatic carbocycles. The van der Waals surface area contributed by atoms with Gasteiger partial charge in [0.25, 0.3) is 5.78 Å². The van der Waals surface area contributed by atoms with E-state index in [1.807, 2.05) is 0 Å². The number of halogens is 1. The van der Waals surface area contributed by atoms with Crippen molar-refractivity contribution in [2.45, 2.75) is 19.9 Å². The highest BCUT2D eigenvalue weighted by molar-refractivity contribution is 9.10. The van der Waals surface area contributed by atoms with Gasteiger partial charge in [-0.1, -0.05) is 39.4 Å². The number of hydrogen-bond donors (Lipinski definition) is 1. The summed E-state index contributed by atoms with van der Waals surface area (Å²) in [5.74, 6) is -2.00. The number of aliphatic hydroxyl groups excluding tert-OH is 1. The number of aliphatic hydroxyl groups is 1. The Morgan fingerprint density at radius 3 is 2.40 bits per heavy atom. The summed E-state index contributed by atoms with van der Waals surface area (Å²) in [6, 6.07) is 11.1. The third kappa shape index (κ3) is 4.35. The lowest BCUT2D eigenvalue weighted by Crippen LogP contribution is -2.29. The van der Waals surface area contributed by atoms with E-state index in [2.05, 4.69) is 20.9 Å². The Hall–Kier alpha value is -3.50. The number of aryl methyl sites for hydroxylation is 2. The van der Waals surface area contributed by atoms with Gasteiger partial charge in [0.1, 0.15) is 16.4 Å². The maximum atomic E-state index is 13.3. The van der Waals surface area contributed by atoms with Crippen LogP contribution in [0.25, 0.3) is 5.76 Å². The van der Waals surface area contributed by atoms with Crippen molar-refractivity contribution >= 4 is 55.8 Å². The van der Waals surface area contributed by atoms with E-state index in [0.29, 0.717) is 28.1 Å². The van der Waals surface area contributed by atoms with E-state index in [9.17, 15) is 19.5 Å². The van der Waals surface area contributed by atoms with Crippen LogP contribution >= 0.6 is 27.3 Å². The highest BCUT2D eigenvalue weighted by atomic mass is 79.9. The molecule has 35 heavy (non-hydrogen) atoms. The number of thiazole rings is 1. The van der Waals surface area contributed by atoms with Gasteiger partial charge < -0.3 is 14.6 Å². The summed E-state index contributed by atoms with van der Waals surface area (Å²) in [5, 5.41) is 11.5. The fourth-order valence-corrected chi connectivity index (χ4v) is 5.21. The molecule has 2 heterocycles. The first-order valence-electron chi connectivity index (χ1n) is 10.4. The van der Waals surface area contributed by atoms with Crippen LogP contribution in [0.4, 0.5) is 5.13 Å². The molecular formula is C25H21BrN2O6S. The standard InChI is InChI=1S/C25H21BrN2O6S/c1-12-11-16(33-3)9-10-17(12)20(29)18-19(14-5-7-15(26)8-6-14)28(23(31)21(18)30)25-27-13(2)22(35-25)24(32)34-4/h5-11,19,29H,1-4H3/t19-/m0/s1. The highest BCUT2D eigenvalue weighted by Gasteiger charge is 2.48. The van der Waals surface area contributed by atoms with Gasteiger partial charge >= 0.3 is 11.9 Å². The zero-order valence-corrected chi connectivity index (χ0v) is 21.7. The second-order valence-electron chi connectivity index (χ2n) is 7.80. The minimum Gasteiger partial charge on any atom is -0.507 e. The Morgan fingerprint density at radius 1 is 1.11 bits per heavy atom. The van der Waals surface area contributed by atoms with E-state index in [1.54, 1.807) is 56.3 Å². The molecule has 1 aliphatic heterocycles. The number of carbonyl (C=O) groups is 3. The van der Waals surface area contributed by atoms with Crippen LogP contribution < -0.4 is 9.64 Å². The first-order chi connectivity index (χ1) is 16.7. The van der Waals surface area contributed by atoms with Crippen molar-refractivity contribution in [3.63, 3.8) is 0 Å². The number of Topliss-reactive ketones (excluding diaryl/α,β-unsaturated/α-hetero) is 1. The molecule has 0 radical (unpaired) electrons. The first kappa shape index (κ1) is 24.6.